The van der Waals surface area contributed by atoms with E-state index in [0.29, 0.717) is 23.1 Å². The molecule has 0 aliphatic heterocycles. The van der Waals surface area contributed by atoms with Crippen molar-refractivity contribution in [1.29, 1.82) is 0 Å². The highest BCUT2D eigenvalue weighted by atomic mass is 16.4. The zero-order valence-corrected chi connectivity index (χ0v) is 14.2. The quantitative estimate of drug-likeness (QED) is 0.606. The molecule has 6 heteroatoms. The lowest BCUT2D eigenvalue weighted by Crippen LogP contribution is -2.25. The predicted octanol–water partition coefficient (Wildman–Crippen LogP) is 3.21. The number of carboxylic acid groups (broad SMARTS) is 1. The molecule has 2 aromatic carbocycles. The lowest BCUT2D eigenvalue weighted by atomic mass is 10.1. The van der Waals surface area contributed by atoms with E-state index in [0.717, 1.165) is 11.1 Å². The molecule has 0 saturated carbocycles. The summed E-state index contributed by atoms with van der Waals surface area (Å²) in [6, 6.07) is 19.6. The van der Waals surface area contributed by atoms with Crippen molar-refractivity contribution in [3.63, 3.8) is 0 Å². The van der Waals surface area contributed by atoms with E-state index in [1.54, 1.807) is 30.5 Å². The van der Waals surface area contributed by atoms with Crippen molar-refractivity contribution in [3.05, 3.63) is 94.4 Å². The minimum absolute atomic E-state index is 0.193. The van der Waals surface area contributed by atoms with Gasteiger partial charge in [0.05, 0.1) is 12.1 Å². The maximum Gasteiger partial charge on any atom is 0.335 e. The minimum atomic E-state index is -0.991. The number of hydrogen-bond donors (Lipinski definition) is 1. The third-order valence-corrected chi connectivity index (χ3v) is 4.30. The van der Waals surface area contributed by atoms with Gasteiger partial charge in [-0.15, -0.1) is 0 Å². The van der Waals surface area contributed by atoms with Crippen LogP contribution in [-0.4, -0.2) is 25.8 Å². The number of hydrogen-bond acceptors (Lipinski definition) is 4. The van der Waals surface area contributed by atoms with Crippen molar-refractivity contribution < 1.29 is 9.90 Å². The number of carboxylic acids is 1. The van der Waals surface area contributed by atoms with E-state index in [1.165, 1.54) is 16.8 Å². The number of pyridine rings is 1. The number of aromatic nitrogens is 3. The van der Waals surface area contributed by atoms with E-state index in [4.69, 9.17) is 5.11 Å². The van der Waals surface area contributed by atoms with Crippen LogP contribution < -0.4 is 5.56 Å². The van der Waals surface area contributed by atoms with Crippen molar-refractivity contribution >= 4 is 16.9 Å². The first-order valence-electron chi connectivity index (χ1n) is 8.37. The summed E-state index contributed by atoms with van der Waals surface area (Å²) < 4.78 is 1.39. The Kier molecular flexibility index (Phi) is 4.22. The van der Waals surface area contributed by atoms with Crippen LogP contribution >= 0.6 is 0 Å². The molecule has 1 N–H and O–H groups in total. The first-order valence-corrected chi connectivity index (χ1v) is 8.37. The fraction of sp³-hybridized carbons (Fsp3) is 0.0476. The van der Waals surface area contributed by atoms with E-state index in [9.17, 15) is 9.59 Å². The highest BCUT2D eigenvalue weighted by Gasteiger charge is 2.14. The second kappa shape index (κ2) is 6.84. The van der Waals surface area contributed by atoms with Crippen LogP contribution in [0.5, 0.6) is 0 Å². The summed E-state index contributed by atoms with van der Waals surface area (Å²) >= 11 is 0. The molecular formula is C21H15N3O3. The maximum absolute atomic E-state index is 12.8. The van der Waals surface area contributed by atoms with E-state index >= 15 is 0 Å². The third kappa shape index (κ3) is 3.20. The minimum Gasteiger partial charge on any atom is -0.478 e. The second-order valence-corrected chi connectivity index (χ2v) is 6.08. The highest BCUT2D eigenvalue weighted by molar-refractivity contribution is 5.93. The average Bonchev–Trinajstić information content (AvgIpc) is 2.71. The van der Waals surface area contributed by atoms with Gasteiger partial charge in [0.25, 0.3) is 5.56 Å². The smallest absolute Gasteiger partial charge is 0.335 e. The maximum atomic E-state index is 12.8. The van der Waals surface area contributed by atoms with Gasteiger partial charge in [0, 0.05) is 17.1 Å². The van der Waals surface area contributed by atoms with Crippen LogP contribution in [0.2, 0.25) is 0 Å². The van der Waals surface area contributed by atoms with Gasteiger partial charge < -0.3 is 5.11 Å². The molecule has 132 valence electrons. The van der Waals surface area contributed by atoms with E-state index in [1.807, 2.05) is 30.3 Å². The van der Waals surface area contributed by atoms with Crippen molar-refractivity contribution in [3.8, 4) is 11.3 Å². The largest absolute Gasteiger partial charge is 0.478 e. The van der Waals surface area contributed by atoms with Gasteiger partial charge in [0.2, 0.25) is 0 Å². The molecule has 0 saturated heterocycles. The first kappa shape index (κ1) is 16.7. The lowest BCUT2D eigenvalue weighted by molar-refractivity contribution is 0.0697. The summed E-state index contributed by atoms with van der Waals surface area (Å²) in [7, 11) is 0. The Morgan fingerprint density at radius 2 is 1.70 bits per heavy atom. The van der Waals surface area contributed by atoms with Crippen molar-refractivity contribution in [2.45, 2.75) is 6.54 Å². The molecule has 0 radical (unpaired) electrons. The molecule has 0 amide bonds. The number of aromatic carboxylic acids is 1. The van der Waals surface area contributed by atoms with E-state index in [2.05, 4.69) is 10.1 Å². The predicted molar refractivity (Wildman–Crippen MR) is 102 cm³/mol. The Hall–Kier alpha value is -3.80. The van der Waals surface area contributed by atoms with E-state index in [-0.39, 0.29) is 11.1 Å². The Bertz CT molecular complexity index is 1180. The Balaban J connectivity index is 1.90. The van der Waals surface area contributed by atoms with Crippen LogP contribution in [-0.2, 0) is 6.54 Å². The molecule has 0 aliphatic rings. The molecule has 2 heterocycles. The molecule has 6 nitrogen and oxygen atoms in total. The van der Waals surface area contributed by atoms with Gasteiger partial charge in [-0.25, -0.2) is 9.48 Å². The Morgan fingerprint density at radius 3 is 2.41 bits per heavy atom. The summed E-state index contributed by atoms with van der Waals surface area (Å²) in [5, 5.41) is 14.3. The monoisotopic (exact) mass is 357 g/mol. The summed E-state index contributed by atoms with van der Waals surface area (Å²) in [6.07, 6.45) is 1.58. The molecule has 4 rings (SSSR count). The Labute approximate surface area is 154 Å². The second-order valence-electron chi connectivity index (χ2n) is 6.08. The molecular weight excluding hydrogens is 342 g/mol. The summed E-state index contributed by atoms with van der Waals surface area (Å²) in [5.74, 6) is -0.991. The van der Waals surface area contributed by atoms with E-state index < -0.39 is 5.97 Å². The molecule has 27 heavy (non-hydrogen) atoms. The van der Waals surface area contributed by atoms with Crippen molar-refractivity contribution in [2.24, 2.45) is 0 Å². The summed E-state index contributed by atoms with van der Waals surface area (Å²) in [6.45, 7) is 0.326. The molecule has 0 aliphatic carbocycles. The molecule has 0 spiro atoms. The van der Waals surface area contributed by atoms with Gasteiger partial charge in [-0.3, -0.25) is 9.78 Å². The first-order chi connectivity index (χ1) is 13.1. The zero-order valence-electron chi connectivity index (χ0n) is 14.2. The standard InChI is InChI=1S/C21H15N3O3/c25-20-19-17(7-4-12-22-19)18(15-8-10-16(11-9-15)21(26)27)23-24(20)13-14-5-2-1-3-6-14/h1-12H,13H2,(H,26,27). The fourth-order valence-electron chi connectivity index (χ4n) is 2.96. The molecule has 0 atom stereocenters. The molecule has 0 unspecified atom stereocenters. The third-order valence-electron chi connectivity index (χ3n) is 4.30. The van der Waals surface area contributed by atoms with Crippen LogP contribution in [0.3, 0.4) is 0 Å². The molecule has 0 fully saturated rings. The van der Waals surface area contributed by atoms with Crippen LogP contribution in [0.4, 0.5) is 0 Å². The molecule has 2 aromatic heterocycles. The fourth-order valence-corrected chi connectivity index (χ4v) is 2.96. The van der Waals surface area contributed by atoms with Gasteiger partial charge >= 0.3 is 5.97 Å². The van der Waals surface area contributed by atoms with Crippen molar-refractivity contribution in [2.75, 3.05) is 0 Å². The van der Waals surface area contributed by atoms with Crippen molar-refractivity contribution in [1.82, 2.24) is 14.8 Å². The van der Waals surface area contributed by atoms with Crippen LogP contribution in [0, 0.1) is 0 Å². The van der Waals surface area contributed by atoms with Crippen LogP contribution in [0.15, 0.2) is 77.7 Å². The Morgan fingerprint density at radius 1 is 0.963 bits per heavy atom. The normalized spacial score (nSPS) is 10.8. The average molecular weight is 357 g/mol. The van der Waals surface area contributed by atoms with Crippen LogP contribution in [0.1, 0.15) is 15.9 Å². The van der Waals surface area contributed by atoms with Gasteiger partial charge in [0.15, 0.2) is 0 Å². The highest BCUT2D eigenvalue weighted by Crippen LogP contribution is 2.24. The van der Waals surface area contributed by atoms with Gasteiger partial charge in [-0.05, 0) is 29.8 Å². The van der Waals surface area contributed by atoms with Gasteiger partial charge in [-0.1, -0.05) is 42.5 Å². The molecule has 4 aromatic rings. The van der Waals surface area contributed by atoms with Gasteiger partial charge in [-0.2, -0.15) is 5.10 Å². The SMILES string of the molecule is O=C(O)c1ccc(-c2nn(Cc3ccccc3)c(=O)c3ncccc23)cc1. The summed E-state index contributed by atoms with van der Waals surface area (Å²) in [4.78, 5) is 28.2. The number of nitrogens with zero attached hydrogens (tertiary/aromatic N) is 3. The topological polar surface area (TPSA) is 85.1 Å². The van der Waals surface area contributed by atoms with Gasteiger partial charge in [0.1, 0.15) is 11.2 Å². The summed E-state index contributed by atoms with van der Waals surface area (Å²) in [5.41, 5.74) is 2.53. The number of benzene rings is 2. The lowest BCUT2D eigenvalue weighted by Gasteiger charge is -2.11. The number of rotatable bonds is 4. The number of fused-ring (bicyclic) bond motifs is 1. The van der Waals surface area contributed by atoms with Crippen LogP contribution in [0.25, 0.3) is 22.2 Å². The molecule has 0 bridgehead atoms. The zero-order chi connectivity index (χ0) is 18.8. The number of carbonyl (C=O) groups is 1.